The first-order valence-electron chi connectivity index (χ1n) is 11.2. The molecule has 2 atom stereocenters. The van der Waals surface area contributed by atoms with Gasteiger partial charge in [-0.2, -0.15) is 4.37 Å². The van der Waals surface area contributed by atoms with Crippen LogP contribution in [0.1, 0.15) is 50.2 Å². The van der Waals surface area contributed by atoms with Crippen molar-refractivity contribution in [3.05, 3.63) is 76.3 Å². The van der Waals surface area contributed by atoms with Crippen molar-refractivity contribution in [1.29, 1.82) is 0 Å². The standard InChI is InChI=1S/C24H25FN6O4S/c25-16-5-3-14(4-6-16)13-31(24(34)21-18(26)19(22(27)32)30-36-21)20(15-7-9-28-10-8-15)23(33)29-12-17-2-1-11-35-17/h3-10,17,20H,1-2,11-13,26H2,(H2,27,32)(H,29,33)/t17-,20+/m0/s1. The first-order valence-corrected chi connectivity index (χ1v) is 12.0. The molecule has 0 aliphatic carbocycles. The second-order valence-electron chi connectivity index (χ2n) is 8.26. The van der Waals surface area contributed by atoms with Crippen LogP contribution in [0.2, 0.25) is 0 Å². The van der Waals surface area contributed by atoms with E-state index >= 15 is 0 Å². The van der Waals surface area contributed by atoms with Crippen molar-refractivity contribution in [2.45, 2.75) is 31.5 Å². The van der Waals surface area contributed by atoms with E-state index in [1.165, 1.54) is 41.6 Å². The molecule has 4 rings (SSSR count). The zero-order valence-corrected chi connectivity index (χ0v) is 20.0. The molecule has 1 aromatic carbocycles. The Bertz CT molecular complexity index is 1230. The molecule has 0 spiro atoms. The van der Waals surface area contributed by atoms with Crippen LogP contribution in [0.5, 0.6) is 0 Å². The van der Waals surface area contributed by atoms with Crippen LogP contribution in [0.15, 0.2) is 48.8 Å². The fourth-order valence-corrected chi connectivity index (χ4v) is 4.72. The lowest BCUT2D eigenvalue weighted by atomic mass is 10.0. The maximum atomic E-state index is 13.8. The minimum absolute atomic E-state index is 0.0307. The normalized spacial score (nSPS) is 15.9. The maximum absolute atomic E-state index is 13.8. The van der Waals surface area contributed by atoms with E-state index in [4.69, 9.17) is 16.2 Å². The molecule has 0 unspecified atom stereocenters. The molecule has 0 bridgehead atoms. The number of hydrogen-bond acceptors (Lipinski definition) is 8. The van der Waals surface area contributed by atoms with Gasteiger partial charge >= 0.3 is 0 Å². The van der Waals surface area contributed by atoms with Crippen molar-refractivity contribution in [3.8, 4) is 0 Å². The zero-order valence-electron chi connectivity index (χ0n) is 19.2. The van der Waals surface area contributed by atoms with Crippen LogP contribution in [-0.4, -0.2) is 51.2 Å². The van der Waals surface area contributed by atoms with Crippen molar-refractivity contribution in [1.82, 2.24) is 19.6 Å². The van der Waals surface area contributed by atoms with Gasteiger partial charge in [0.05, 0.1) is 11.8 Å². The minimum atomic E-state index is -1.09. The molecule has 1 fully saturated rings. The average Bonchev–Trinajstić information content (AvgIpc) is 3.53. The average molecular weight is 513 g/mol. The topological polar surface area (TPSA) is 154 Å². The number of nitrogens with one attached hydrogen (secondary N) is 1. The van der Waals surface area contributed by atoms with Crippen LogP contribution in [-0.2, 0) is 16.1 Å². The highest BCUT2D eigenvalue weighted by atomic mass is 32.1. The Balaban J connectivity index is 1.73. The quantitative estimate of drug-likeness (QED) is 0.396. The molecule has 188 valence electrons. The number of benzene rings is 1. The van der Waals surface area contributed by atoms with Gasteiger partial charge in [0.25, 0.3) is 11.8 Å². The van der Waals surface area contributed by atoms with Crippen LogP contribution in [0.3, 0.4) is 0 Å². The summed E-state index contributed by atoms with van der Waals surface area (Å²) < 4.78 is 23.1. The highest BCUT2D eigenvalue weighted by Gasteiger charge is 2.35. The number of aromatic nitrogens is 2. The van der Waals surface area contributed by atoms with Gasteiger partial charge in [0.15, 0.2) is 5.69 Å². The number of halogens is 1. The largest absolute Gasteiger partial charge is 0.395 e. The predicted molar refractivity (Wildman–Crippen MR) is 130 cm³/mol. The highest BCUT2D eigenvalue weighted by Crippen LogP contribution is 2.30. The molecule has 3 amide bonds. The number of ether oxygens (including phenoxy) is 1. The molecule has 10 nitrogen and oxygen atoms in total. The summed E-state index contributed by atoms with van der Waals surface area (Å²) in [5.74, 6) is -2.37. The lowest BCUT2D eigenvalue weighted by molar-refractivity contribution is -0.126. The number of carbonyl (C=O) groups is 3. The number of nitrogen functional groups attached to an aromatic ring is 1. The van der Waals surface area contributed by atoms with Gasteiger partial charge in [-0.1, -0.05) is 12.1 Å². The second kappa shape index (κ2) is 11.2. The van der Waals surface area contributed by atoms with Crippen molar-refractivity contribution in [3.63, 3.8) is 0 Å². The van der Waals surface area contributed by atoms with E-state index in [1.807, 2.05) is 0 Å². The Morgan fingerprint density at radius 1 is 1.19 bits per heavy atom. The number of primary amides is 1. The van der Waals surface area contributed by atoms with Gasteiger partial charge in [-0.3, -0.25) is 19.4 Å². The van der Waals surface area contributed by atoms with Crippen molar-refractivity contribution in [2.75, 3.05) is 18.9 Å². The number of carbonyl (C=O) groups excluding carboxylic acids is 3. The molecule has 5 N–H and O–H groups in total. The number of nitrogens with zero attached hydrogens (tertiary/aromatic N) is 3. The lowest BCUT2D eigenvalue weighted by Crippen LogP contribution is -2.45. The SMILES string of the molecule is NC(=O)c1nsc(C(=O)N(Cc2ccc(F)cc2)[C@@H](C(=O)NC[C@@H]2CCCO2)c2ccncc2)c1N. The molecule has 36 heavy (non-hydrogen) atoms. The summed E-state index contributed by atoms with van der Waals surface area (Å²) in [5.41, 5.74) is 12.1. The number of rotatable bonds is 9. The Morgan fingerprint density at radius 3 is 2.53 bits per heavy atom. The Labute approximate surface area is 210 Å². The molecule has 12 heteroatoms. The van der Waals surface area contributed by atoms with E-state index < -0.39 is 29.6 Å². The van der Waals surface area contributed by atoms with E-state index in [2.05, 4.69) is 14.7 Å². The second-order valence-corrected chi connectivity index (χ2v) is 9.03. The first kappa shape index (κ1) is 25.2. The molecule has 1 aliphatic rings. The van der Waals surface area contributed by atoms with Crippen LogP contribution in [0.25, 0.3) is 0 Å². The summed E-state index contributed by atoms with van der Waals surface area (Å²) in [6.45, 7) is 0.868. The number of anilines is 1. The summed E-state index contributed by atoms with van der Waals surface area (Å²) in [6, 6.07) is 7.75. The van der Waals surface area contributed by atoms with Gasteiger partial charge in [-0.05, 0) is 59.8 Å². The highest BCUT2D eigenvalue weighted by molar-refractivity contribution is 7.09. The Kier molecular flexibility index (Phi) is 7.86. The predicted octanol–water partition coefficient (Wildman–Crippen LogP) is 2.04. The van der Waals surface area contributed by atoms with E-state index in [1.54, 1.807) is 12.1 Å². The van der Waals surface area contributed by atoms with E-state index in [0.717, 1.165) is 24.4 Å². The Hall–Kier alpha value is -3.90. The molecule has 3 aromatic rings. The zero-order chi connectivity index (χ0) is 25.7. The van der Waals surface area contributed by atoms with Crippen LogP contribution < -0.4 is 16.8 Å². The van der Waals surface area contributed by atoms with Gasteiger partial charge in [0.2, 0.25) is 5.91 Å². The van der Waals surface area contributed by atoms with Gasteiger partial charge in [0, 0.05) is 32.1 Å². The molecular weight excluding hydrogens is 487 g/mol. The number of hydrogen-bond donors (Lipinski definition) is 3. The third kappa shape index (κ3) is 5.66. The smallest absolute Gasteiger partial charge is 0.270 e. The number of amides is 3. The van der Waals surface area contributed by atoms with Gasteiger partial charge in [-0.25, -0.2) is 4.39 Å². The third-order valence-corrected chi connectivity index (χ3v) is 6.64. The molecular formula is C24H25FN6O4S. The van der Waals surface area contributed by atoms with Gasteiger partial charge in [-0.15, -0.1) is 0 Å². The fourth-order valence-electron chi connectivity index (χ4n) is 3.96. The number of pyridine rings is 1. The third-order valence-electron chi connectivity index (χ3n) is 5.79. The van der Waals surface area contributed by atoms with Crippen molar-refractivity contribution < 1.29 is 23.5 Å². The van der Waals surface area contributed by atoms with E-state index in [0.29, 0.717) is 17.7 Å². The summed E-state index contributed by atoms with van der Waals surface area (Å²) in [5, 5.41) is 2.89. The van der Waals surface area contributed by atoms with E-state index in [9.17, 15) is 18.8 Å². The molecule has 1 saturated heterocycles. The van der Waals surface area contributed by atoms with E-state index in [-0.39, 0.29) is 35.5 Å². The van der Waals surface area contributed by atoms with Crippen molar-refractivity contribution in [2.24, 2.45) is 5.73 Å². The fraction of sp³-hybridized carbons (Fsp3) is 0.292. The van der Waals surface area contributed by atoms with Gasteiger partial charge < -0.3 is 26.4 Å². The molecule has 3 heterocycles. The van der Waals surface area contributed by atoms with Crippen LogP contribution in [0.4, 0.5) is 10.1 Å². The molecule has 2 aromatic heterocycles. The summed E-state index contributed by atoms with van der Waals surface area (Å²) in [7, 11) is 0. The van der Waals surface area contributed by atoms with Gasteiger partial charge in [0.1, 0.15) is 16.7 Å². The van der Waals surface area contributed by atoms with Crippen molar-refractivity contribution >= 4 is 34.9 Å². The summed E-state index contributed by atoms with van der Waals surface area (Å²) in [4.78, 5) is 44.3. The molecule has 0 radical (unpaired) electrons. The monoisotopic (exact) mass is 512 g/mol. The number of nitrogens with two attached hydrogens (primary N) is 2. The van der Waals surface area contributed by atoms with Crippen LogP contribution in [0, 0.1) is 5.82 Å². The summed E-state index contributed by atoms with van der Waals surface area (Å²) in [6.07, 6.45) is 4.66. The molecule has 0 saturated carbocycles. The first-order chi connectivity index (χ1) is 17.3. The minimum Gasteiger partial charge on any atom is -0.395 e. The van der Waals surface area contributed by atoms with Crippen LogP contribution >= 0.6 is 11.5 Å². The Morgan fingerprint density at radius 2 is 1.92 bits per heavy atom. The lowest BCUT2D eigenvalue weighted by Gasteiger charge is -2.31. The summed E-state index contributed by atoms with van der Waals surface area (Å²) >= 11 is 0.721. The maximum Gasteiger partial charge on any atom is 0.270 e. The molecule has 1 aliphatic heterocycles.